The molecule has 0 fully saturated rings. The molecule has 0 aliphatic heterocycles. The molecule has 2 rings (SSSR count). The Morgan fingerprint density at radius 1 is 1.47 bits per heavy atom. The topological polar surface area (TPSA) is 64.9 Å². The Hall–Kier alpha value is -1.95. The number of hydrogen-bond donors (Lipinski definition) is 1. The maximum absolute atomic E-state index is 5.26. The summed E-state index contributed by atoms with van der Waals surface area (Å²) in [5, 5.41) is 11.0. The maximum atomic E-state index is 5.26. The molecule has 0 saturated carbocycles. The number of pyridine rings is 1. The highest BCUT2D eigenvalue weighted by Gasteiger charge is 2.20. The lowest BCUT2D eigenvalue weighted by Crippen LogP contribution is -2.21. The quantitative estimate of drug-likeness (QED) is 0.834. The number of hydrogen-bond acceptors (Lipinski definition) is 5. The van der Waals surface area contributed by atoms with Crippen LogP contribution in [0, 0.1) is 0 Å². The minimum Gasteiger partial charge on any atom is -0.481 e. The first-order valence-corrected chi connectivity index (χ1v) is 5.28. The van der Waals surface area contributed by atoms with Gasteiger partial charge in [0.25, 0.3) is 0 Å². The van der Waals surface area contributed by atoms with Crippen LogP contribution in [0.3, 0.4) is 0 Å². The van der Waals surface area contributed by atoms with E-state index in [4.69, 9.17) is 4.74 Å². The third-order valence-electron chi connectivity index (χ3n) is 2.64. The van der Waals surface area contributed by atoms with Crippen LogP contribution in [0.2, 0.25) is 0 Å². The number of methoxy groups -OCH3 is 1. The van der Waals surface area contributed by atoms with Crippen molar-refractivity contribution in [2.75, 3.05) is 14.2 Å². The van der Waals surface area contributed by atoms with Gasteiger partial charge in [0.1, 0.15) is 0 Å². The summed E-state index contributed by atoms with van der Waals surface area (Å²) in [5.74, 6) is 0.605. The fourth-order valence-electron chi connectivity index (χ4n) is 1.82. The molecule has 6 heteroatoms. The third-order valence-corrected chi connectivity index (χ3v) is 2.64. The summed E-state index contributed by atoms with van der Waals surface area (Å²) in [5.41, 5.74) is 1.92. The van der Waals surface area contributed by atoms with E-state index in [9.17, 15) is 0 Å². The zero-order chi connectivity index (χ0) is 12.3. The average molecular weight is 233 g/mol. The van der Waals surface area contributed by atoms with E-state index in [1.807, 2.05) is 26.2 Å². The number of nitrogens with one attached hydrogen (secondary N) is 1. The molecule has 0 aliphatic carbocycles. The molecule has 0 bridgehead atoms. The van der Waals surface area contributed by atoms with Gasteiger partial charge in [0.2, 0.25) is 5.88 Å². The lowest BCUT2D eigenvalue weighted by Gasteiger charge is -2.17. The van der Waals surface area contributed by atoms with E-state index in [0.717, 1.165) is 11.3 Å². The number of rotatable bonds is 4. The number of ether oxygens (including phenoxy) is 1. The summed E-state index contributed by atoms with van der Waals surface area (Å²) in [6.45, 7) is 0. The van der Waals surface area contributed by atoms with E-state index >= 15 is 0 Å². The van der Waals surface area contributed by atoms with Gasteiger partial charge in [-0.25, -0.2) is 4.98 Å². The van der Waals surface area contributed by atoms with E-state index < -0.39 is 0 Å². The molecule has 0 radical (unpaired) electrons. The highest BCUT2D eigenvalue weighted by Crippen LogP contribution is 2.26. The molecule has 6 nitrogen and oxygen atoms in total. The highest BCUT2D eigenvalue weighted by atomic mass is 16.5. The predicted molar refractivity (Wildman–Crippen MR) is 62.7 cm³/mol. The second-order valence-electron chi connectivity index (χ2n) is 3.61. The molecule has 1 atom stereocenters. The van der Waals surface area contributed by atoms with Crippen molar-refractivity contribution < 1.29 is 4.74 Å². The van der Waals surface area contributed by atoms with Gasteiger partial charge in [-0.2, -0.15) is 0 Å². The van der Waals surface area contributed by atoms with Crippen LogP contribution < -0.4 is 10.1 Å². The van der Waals surface area contributed by atoms with Crippen LogP contribution in [0.25, 0.3) is 0 Å². The molecule has 0 saturated heterocycles. The van der Waals surface area contributed by atoms with E-state index in [2.05, 4.69) is 20.6 Å². The summed E-state index contributed by atoms with van der Waals surface area (Å²) in [6, 6.07) is 3.81. The molecular formula is C11H15N5O. The Morgan fingerprint density at radius 3 is 2.88 bits per heavy atom. The van der Waals surface area contributed by atoms with Crippen LogP contribution in [-0.4, -0.2) is 34.1 Å². The van der Waals surface area contributed by atoms with E-state index in [-0.39, 0.29) is 6.04 Å². The van der Waals surface area contributed by atoms with Crippen molar-refractivity contribution in [2.45, 2.75) is 6.04 Å². The van der Waals surface area contributed by atoms with Crippen molar-refractivity contribution in [1.29, 1.82) is 0 Å². The van der Waals surface area contributed by atoms with Gasteiger partial charge in [0, 0.05) is 18.8 Å². The van der Waals surface area contributed by atoms with Gasteiger partial charge in [-0.05, 0) is 13.1 Å². The highest BCUT2D eigenvalue weighted by molar-refractivity contribution is 5.34. The molecular weight excluding hydrogens is 218 g/mol. The van der Waals surface area contributed by atoms with Crippen molar-refractivity contribution in [3.8, 4) is 5.88 Å². The second-order valence-corrected chi connectivity index (χ2v) is 3.61. The van der Waals surface area contributed by atoms with Crippen LogP contribution in [0.1, 0.15) is 17.3 Å². The molecule has 0 aromatic carbocycles. The molecule has 0 aliphatic rings. The Bertz CT molecular complexity index is 496. The molecule has 1 unspecified atom stereocenters. The summed E-state index contributed by atoms with van der Waals surface area (Å²) in [4.78, 5) is 4.19. The van der Waals surface area contributed by atoms with Crippen molar-refractivity contribution in [1.82, 2.24) is 25.3 Å². The number of aromatic nitrogens is 4. The lowest BCUT2D eigenvalue weighted by atomic mass is 10.1. The first kappa shape index (κ1) is 11.5. The van der Waals surface area contributed by atoms with Gasteiger partial charge in [-0.3, -0.25) is 4.68 Å². The zero-order valence-corrected chi connectivity index (χ0v) is 10.1. The largest absolute Gasteiger partial charge is 0.481 e. The molecule has 1 N–H and O–H groups in total. The molecule has 2 aromatic rings. The minimum atomic E-state index is -0.0429. The van der Waals surface area contributed by atoms with Crippen molar-refractivity contribution in [3.63, 3.8) is 0 Å². The Kier molecular flexibility index (Phi) is 3.34. The maximum Gasteiger partial charge on any atom is 0.218 e. The molecule has 2 aromatic heterocycles. The first-order valence-electron chi connectivity index (χ1n) is 5.28. The third kappa shape index (κ3) is 2.12. The van der Waals surface area contributed by atoms with Gasteiger partial charge in [0.15, 0.2) is 0 Å². The van der Waals surface area contributed by atoms with Gasteiger partial charge in [-0.1, -0.05) is 11.3 Å². The molecule has 0 spiro atoms. The second kappa shape index (κ2) is 4.92. The normalized spacial score (nSPS) is 12.4. The van der Waals surface area contributed by atoms with Crippen LogP contribution in [0.5, 0.6) is 5.88 Å². The summed E-state index contributed by atoms with van der Waals surface area (Å²) < 4.78 is 6.99. The molecule has 0 amide bonds. The smallest absolute Gasteiger partial charge is 0.218 e. The van der Waals surface area contributed by atoms with Gasteiger partial charge < -0.3 is 10.1 Å². The molecule has 17 heavy (non-hydrogen) atoms. The van der Waals surface area contributed by atoms with Crippen molar-refractivity contribution in [3.05, 3.63) is 35.8 Å². The fourth-order valence-corrected chi connectivity index (χ4v) is 1.82. The van der Waals surface area contributed by atoms with Crippen molar-refractivity contribution >= 4 is 0 Å². The van der Waals surface area contributed by atoms with Crippen LogP contribution >= 0.6 is 0 Å². The summed E-state index contributed by atoms with van der Waals surface area (Å²) in [7, 11) is 5.35. The van der Waals surface area contributed by atoms with Crippen LogP contribution in [0.4, 0.5) is 0 Å². The predicted octanol–water partition coefficient (Wildman–Crippen LogP) is 0.527. The SMILES string of the molecule is CNC(c1cccnc1OC)c1cnnn1C. The molecule has 90 valence electrons. The summed E-state index contributed by atoms with van der Waals surface area (Å²) >= 11 is 0. The van der Waals surface area contributed by atoms with E-state index in [1.54, 1.807) is 24.2 Å². The van der Waals surface area contributed by atoms with Crippen LogP contribution in [-0.2, 0) is 7.05 Å². The van der Waals surface area contributed by atoms with Crippen LogP contribution in [0.15, 0.2) is 24.5 Å². The lowest BCUT2D eigenvalue weighted by molar-refractivity contribution is 0.387. The standard InChI is InChI=1S/C11H15N5O/c1-12-10(9-7-14-15-16(9)2)8-5-4-6-13-11(8)17-3/h4-7,10,12H,1-3H3. The minimum absolute atomic E-state index is 0.0429. The number of aryl methyl sites for hydroxylation is 1. The Morgan fingerprint density at radius 2 is 2.29 bits per heavy atom. The van der Waals surface area contributed by atoms with Gasteiger partial charge in [-0.15, -0.1) is 5.10 Å². The number of nitrogens with zero attached hydrogens (tertiary/aromatic N) is 4. The Labute approximate surface area is 99.6 Å². The van der Waals surface area contributed by atoms with E-state index in [0.29, 0.717) is 5.88 Å². The fraction of sp³-hybridized carbons (Fsp3) is 0.364. The van der Waals surface area contributed by atoms with Crippen molar-refractivity contribution in [2.24, 2.45) is 7.05 Å². The first-order chi connectivity index (χ1) is 8.27. The zero-order valence-electron chi connectivity index (χ0n) is 10.1. The van der Waals surface area contributed by atoms with E-state index in [1.165, 1.54) is 0 Å². The van der Waals surface area contributed by atoms with Gasteiger partial charge in [0.05, 0.1) is 25.0 Å². The van der Waals surface area contributed by atoms with Gasteiger partial charge >= 0.3 is 0 Å². The average Bonchev–Trinajstić information content (AvgIpc) is 2.78. The monoisotopic (exact) mass is 233 g/mol. The Balaban J connectivity index is 2.46. The summed E-state index contributed by atoms with van der Waals surface area (Å²) in [6.07, 6.45) is 3.43. The molecule has 2 heterocycles.